The van der Waals surface area contributed by atoms with Crippen molar-refractivity contribution in [3.8, 4) is 16.9 Å². The predicted molar refractivity (Wildman–Crippen MR) is 111 cm³/mol. The molecule has 1 aliphatic carbocycles. The minimum absolute atomic E-state index is 0. The van der Waals surface area contributed by atoms with Crippen molar-refractivity contribution in [1.29, 1.82) is 0 Å². The second-order valence-corrected chi connectivity index (χ2v) is 7.26. The maximum Gasteiger partial charge on any atom is 0.254 e. The topological polar surface area (TPSA) is 41.6 Å². The molecule has 1 amide bonds. The Kier molecular flexibility index (Phi) is 6.40. The van der Waals surface area contributed by atoms with Gasteiger partial charge in [-0.3, -0.25) is 4.79 Å². The van der Waals surface area contributed by atoms with Crippen molar-refractivity contribution in [3.63, 3.8) is 0 Å². The molecule has 2 aliphatic rings. The molecule has 2 aromatic rings. The van der Waals surface area contributed by atoms with Crippen LogP contribution in [-0.2, 0) is 0 Å². The number of carbonyl (C=O) groups is 1. The first-order chi connectivity index (χ1) is 12.8. The molecule has 1 saturated carbocycles. The lowest BCUT2D eigenvalue weighted by atomic mass is 10.0. The van der Waals surface area contributed by atoms with Crippen molar-refractivity contribution in [2.45, 2.75) is 37.8 Å². The Balaban J connectivity index is 0.00000210. The summed E-state index contributed by atoms with van der Waals surface area (Å²) in [7, 11) is 1.67. The molecule has 2 aromatic carbocycles. The van der Waals surface area contributed by atoms with Gasteiger partial charge in [0.2, 0.25) is 0 Å². The Labute approximate surface area is 167 Å². The van der Waals surface area contributed by atoms with Crippen molar-refractivity contribution < 1.29 is 9.53 Å². The normalized spacial score (nSPS) is 18.6. The Bertz CT molecular complexity index is 771. The van der Waals surface area contributed by atoms with Gasteiger partial charge in [-0.15, -0.1) is 12.4 Å². The van der Waals surface area contributed by atoms with E-state index in [0.717, 1.165) is 54.8 Å². The Morgan fingerprint density at radius 2 is 1.93 bits per heavy atom. The molecule has 0 spiro atoms. The lowest BCUT2D eigenvalue weighted by Gasteiger charge is -2.26. The SMILES string of the molecule is COc1ccc(C(=O)N(CC2CCCN2)C2CC2)cc1-c1ccccc1.Cl. The zero-order valence-corrected chi connectivity index (χ0v) is 16.5. The fraction of sp³-hybridized carbons (Fsp3) is 0.409. The highest BCUT2D eigenvalue weighted by atomic mass is 35.5. The van der Waals surface area contributed by atoms with Crippen molar-refractivity contribution in [1.82, 2.24) is 10.2 Å². The van der Waals surface area contributed by atoms with Gasteiger partial charge in [-0.25, -0.2) is 0 Å². The zero-order valence-electron chi connectivity index (χ0n) is 15.7. The maximum atomic E-state index is 13.3. The number of ether oxygens (including phenoxy) is 1. The van der Waals surface area contributed by atoms with E-state index in [0.29, 0.717) is 12.1 Å². The molecule has 1 N–H and O–H groups in total. The fourth-order valence-electron chi connectivity index (χ4n) is 3.78. The number of hydrogen-bond acceptors (Lipinski definition) is 3. The Morgan fingerprint density at radius 1 is 1.15 bits per heavy atom. The largest absolute Gasteiger partial charge is 0.496 e. The third-order valence-corrected chi connectivity index (χ3v) is 5.36. The van der Waals surface area contributed by atoms with E-state index in [1.165, 1.54) is 6.42 Å². The molecule has 1 unspecified atom stereocenters. The predicted octanol–water partition coefficient (Wildman–Crippen LogP) is 4.14. The molecule has 1 atom stereocenters. The highest BCUT2D eigenvalue weighted by Gasteiger charge is 2.35. The van der Waals surface area contributed by atoms with Gasteiger partial charge in [0, 0.05) is 29.8 Å². The van der Waals surface area contributed by atoms with Crippen LogP contribution < -0.4 is 10.1 Å². The van der Waals surface area contributed by atoms with Crippen molar-refractivity contribution in [2.24, 2.45) is 0 Å². The van der Waals surface area contributed by atoms with Gasteiger partial charge in [-0.05, 0) is 56.0 Å². The van der Waals surface area contributed by atoms with E-state index in [9.17, 15) is 4.79 Å². The van der Waals surface area contributed by atoms with Crippen LogP contribution in [0.1, 0.15) is 36.0 Å². The molecular weight excluding hydrogens is 360 g/mol. The van der Waals surface area contributed by atoms with E-state index >= 15 is 0 Å². The summed E-state index contributed by atoms with van der Waals surface area (Å²) in [5.74, 6) is 0.934. The summed E-state index contributed by atoms with van der Waals surface area (Å²) >= 11 is 0. The van der Waals surface area contributed by atoms with E-state index in [1.54, 1.807) is 7.11 Å². The van der Waals surface area contributed by atoms with Gasteiger partial charge in [0.05, 0.1) is 7.11 Å². The van der Waals surface area contributed by atoms with Gasteiger partial charge in [0.1, 0.15) is 5.75 Å². The van der Waals surface area contributed by atoms with Crippen LogP contribution in [0.4, 0.5) is 0 Å². The molecule has 0 bridgehead atoms. The molecular formula is C22H27ClN2O2. The lowest BCUT2D eigenvalue weighted by molar-refractivity contribution is 0.0728. The van der Waals surface area contributed by atoms with Gasteiger partial charge >= 0.3 is 0 Å². The Morgan fingerprint density at radius 3 is 2.56 bits per heavy atom. The summed E-state index contributed by atoms with van der Waals surface area (Å²) in [5, 5.41) is 3.52. The van der Waals surface area contributed by atoms with E-state index in [4.69, 9.17) is 4.74 Å². The van der Waals surface area contributed by atoms with E-state index in [-0.39, 0.29) is 18.3 Å². The number of nitrogens with one attached hydrogen (secondary N) is 1. The zero-order chi connectivity index (χ0) is 17.9. The van der Waals surface area contributed by atoms with Crippen LogP contribution in [0.2, 0.25) is 0 Å². The molecule has 2 fully saturated rings. The van der Waals surface area contributed by atoms with Gasteiger partial charge in [0.25, 0.3) is 5.91 Å². The summed E-state index contributed by atoms with van der Waals surface area (Å²) in [5.41, 5.74) is 2.78. The second-order valence-electron chi connectivity index (χ2n) is 7.26. The van der Waals surface area contributed by atoms with E-state index in [2.05, 4.69) is 10.2 Å². The van der Waals surface area contributed by atoms with E-state index in [1.807, 2.05) is 48.5 Å². The first kappa shape index (κ1) is 19.7. The summed E-state index contributed by atoms with van der Waals surface area (Å²) in [6.07, 6.45) is 4.62. The van der Waals surface area contributed by atoms with Gasteiger partial charge in [0.15, 0.2) is 0 Å². The summed E-state index contributed by atoms with van der Waals surface area (Å²) in [6.45, 7) is 1.88. The average Bonchev–Trinajstić information content (AvgIpc) is 3.41. The first-order valence-corrected chi connectivity index (χ1v) is 9.54. The van der Waals surface area contributed by atoms with E-state index < -0.39 is 0 Å². The van der Waals surface area contributed by atoms with Crippen molar-refractivity contribution in [2.75, 3.05) is 20.2 Å². The quantitative estimate of drug-likeness (QED) is 0.811. The third kappa shape index (κ3) is 4.45. The number of rotatable bonds is 6. The van der Waals surface area contributed by atoms with Gasteiger partial charge in [-0.1, -0.05) is 30.3 Å². The maximum absolute atomic E-state index is 13.3. The lowest BCUT2D eigenvalue weighted by Crippen LogP contribution is -2.42. The highest BCUT2D eigenvalue weighted by Crippen LogP contribution is 2.33. The molecule has 4 rings (SSSR count). The van der Waals surface area contributed by atoms with Crippen LogP contribution >= 0.6 is 12.4 Å². The van der Waals surface area contributed by atoms with Gasteiger partial charge in [-0.2, -0.15) is 0 Å². The minimum Gasteiger partial charge on any atom is -0.496 e. The highest BCUT2D eigenvalue weighted by molar-refractivity contribution is 5.96. The smallest absolute Gasteiger partial charge is 0.254 e. The number of methoxy groups -OCH3 is 1. The number of benzene rings is 2. The molecule has 0 aromatic heterocycles. The fourth-order valence-corrected chi connectivity index (χ4v) is 3.78. The monoisotopic (exact) mass is 386 g/mol. The number of nitrogens with zero attached hydrogens (tertiary/aromatic N) is 1. The molecule has 1 saturated heterocycles. The molecule has 1 aliphatic heterocycles. The molecule has 5 heteroatoms. The standard InChI is InChI=1S/C22H26N2O2.ClH/c1-26-21-12-9-17(14-20(21)16-6-3-2-4-7-16)22(25)24(19-10-11-19)15-18-8-5-13-23-18;/h2-4,6-7,9,12,14,18-19,23H,5,8,10-11,13,15H2,1H3;1H. The second kappa shape index (κ2) is 8.77. The summed E-state index contributed by atoms with van der Waals surface area (Å²) in [6, 6.07) is 16.7. The number of halogens is 1. The van der Waals surface area contributed by atoms with Crippen molar-refractivity contribution in [3.05, 3.63) is 54.1 Å². The first-order valence-electron chi connectivity index (χ1n) is 9.54. The molecule has 1 heterocycles. The number of amides is 1. The minimum atomic E-state index is 0. The molecule has 144 valence electrons. The van der Waals surface area contributed by atoms with Crippen LogP contribution in [0, 0.1) is 0 Å². The van der Waals surface area contributed by atoms with Crippen LogP contribution in [0.15, 0.2) is 48.5 Å². The molecule has 0 radical (unpaired) electrons. The van der Waals surface area contributed by atoms with Gasteiger partial charge < -0.3 is 15.0 Å². The van der Waals surface area contributed by atoms with Crippen LogP contribution in [0.5, 0.6) is 5.75 Å². The third-order valence-electron chi connectivity index (χ3n) is 5.36. The number of carbonyl (C=O) groups excluding carboxylic acids is 1. The molecule has 27 heavy (non-hydrogen) atoms. The van der Waals surface area contributed by atoms with Crippen LogP contribution in [0.3, 0.4) is 0 Å². The summed E-state index contributed by atoms with van der Waals surface area (Å²) < 4.78 is 5.53. The average molecular weight is 387 g/mol. The molecule has 4 nitrogen and oxygen atoms in total. The Hall–Kier alpha value is -2.04. The van der Waals surface area contributed by atoms with Crippen LogP contribution in [-0.4, -0.2) is 43.1 Å². The number of hydrogen-bond donors (Lipinski definition) is 1. The van der Waals surface area contributed by atoms with Crippen LogP contribution in [0.25, 0.3) is 11.1 Å². The van der Waals surface area contributed by atoms with Crippen molar-refractivity contribution >= 4 is 18.3 Å². The summed E-state index contributed by atoms with van der Waals surface area (Å²) in [4.78, 5) is 15.3.